The third-order valence-electron chi connectivity index (χ3n) is 8.05. The van der Waals surface area contributed by atoms with E-state index in [-0.39, 0.29) is 36.2 Å². The van der Waals surface area contributed by atoms with Gasteiger partial charge in [0.1, 0.15) is 0 Å². The van der Waals surface area contributed by atoms with Gasteiger partial charge in [-0.2, -0.15) is 0 Å². The number of nitrogens with zero attached hydrogens (tertiary/aromatic N) is 4. The largest absolute Gasteiger partial charge is 0.357 e. The van der Waals surface area contributed by atoms with Gasteiger partial charge in [-0.1, -0.05) is 12.8 Å². The third kappa shape index (κ3) is 6.28. The number of carbonyl (C=O) groups is 3. The monoisotopic (exact) mass is 485 g/mol. The summed E-state index contributed by atoms with van der Waals surface area (Å²) in [5.41, 5.74) is 0.626. The highest BCUT2D eigenvalue weighted by molar-refractivity contribution is 5.88. The fourth-order valence-electron chi connectivity index (χ4n) is 5.83. The van der Waals surface area contributed by atoms with Gasteiger partial charge in [-0.15, -0.1) is 0 Å². The second-order valence-electron chi connectivity index (χ2n) is 10.3. The number of rotatable bonds is 3. The van der Waals surface area contributed by atoms with Gasteiger partial charge in [-0.25, -0.2) is 9.97 Å². The molecule has 0 aliphatic carbocycles. The Hall–Kier alpha value is -2.75. The van der Waals surface area contributed by atoms with Crippen molar-refractivity contribution in [1.82, 2.24) is 30.4 Å². The van der Waals surface area contributed by atoms with Crippen molar-refractivity contribution in [2.45, 2.75) is 64.5 Å². The van der Waals surface area contributed by atoms with E-state index in [0.717, 1.165) is 70.1 Å². The molecule has 0 aromatic carbocycles. The summed E-state index contributed by atoms with van der Waals surface area (Å²) in [6.07, 6.45) is 9.78. The lowest BCUT2D eigenvalue weighted by Crippen LogP contribution is -2.55. The Morgan fingerprint density at radius 2 is 1.86 bits per heavy atom. The standard InChI is InChI=1S/C25H39N7O3/c1-18(33)32-10-6-21-20(17-32)5-3-4-7-25(23(35)27-15-22(34)30-21)8-11-31(12-9-25)16-19-13-28-24(26-2)29-14-19/h13-14,20-21H,3-12,15-17H2,1-2H3,(H,27,35)(H,30,34)(H,26,28,29)/t20-,21+/m0/s1. The van der Waals surface area contributed by atoms with Crippen molar-refractivity contribution in [2.24, 2.45) is 11.3 Å². The number of amides is 3. The molecule has 0 radical (unpaired) electrons. The Kier molecular flexibility index (Phi) is 8.20. The second-order valence-corrected chi connectivity index (χ2v) is 10.3. The molecule has 3 N–H and O–H groups in total. The molecule has 1 aromatic heterocycles. The maximum atomic E-state index is 13.3. The molecule has 192 valence electrons. The van der Waals surface area contributed by atoms with Crippen molar-refractivity contribution in [3.05, 3.63) is 18.0 Å². The number of hydrogen-bond acceptors (Lipinski definition) is 7. The van der Waals surface area contributed by atoms with Crippen molar-refractivity contribution in [2.75, 3.05) is 45.1 Å². The second kappa shape index (κ2) is 11.3. The number of likely N-dealkylation sites (tertiary alicyclic amines) is 2. The molecule has 1 aromatic rings. The van der Waals surface area contributed by atoms with Crippen LogP contribution in [-0.4, -0.2) is 83.3 Å². The lowest BCUT2D eigenvalue weighted by molar-refractivity contribution is -0.137. The molecule has 3 aliphatic rings. The predicted octanol–water partition coefficient (Wildman–Crippen LogP) is 1.14. The predicted molar refractivity (Wildman–Crippen MR) is 132 cm³/mol. The molecule has 10 nitrogen and oxygen atoms in total. The molecule has 4 rings (SSSR count). The quantitative estimate of drug-likeness (QED) is 0.587. The smallest absolute Gasteiger partial charge is 0.239 e. The van der Waals surface area contributed by atoms with Crippen LogP contribution >= 0.6 is 0 Å². The molecular weight excluding hydrogens is 446 g/mol. The molecule has 1 spiro atoms. The van der Waals surface area contributed by atoms with Gasteiger partial charge in [-0.05, 0) is 51.1 Å². The maximum Gasteiger partial charge on any atom is 0.239 e. The van der Waals surface area contributed by atoms with Crippen molar-refractivity contribution in [3.8, 4) is 0 Å². The molecule has 3 aliphatic heterocycles. The highest BCUT2D eigenvalue weighted by Crippen LogP contribution is 2.38. The molecule has 4 heterocycles. The van der Waals surface area contributed by atoms with Gasteiger partial charge in [0.25, 0.3) is 0 Å². The van der Waals surface area contributed by atoms with E-state index in [1.54, 1.807) is 14.0 Å². The summed E-state index contributed by atoms with van der Waals surface area (Å²) < 4.78 is 0. The third-order valence-corrected chi connectivity index (χ3v) is 8.05. The molecule has 35 heavy (non-hydrogen) atoms. The fourth-order valence-corrected chi connectivity index (χ4v) is 5.83. The first-order chi connectivity index (χ1) is 16.9. The van der Waals surface area contributed by atoms with E-state index in [0.29, 0.717) is 19.0 Å². The van der Waals surface area contributed by atoms with Crippen LogP contribution in [0, 0.1) is 11.3 Å². The zero-order valence-electron chi connectivity index (χ0n) is 21.0. The summed E-state index contributed by atoms with van der Waals surface area (Å²) in [7, 11) is 1.80. The summed E-state index contributed by atoms with van der Waals surface area (Å²) in [5, 5.41) is 9.01. The topological polar surface area (TPSA) is 120 Å². The van der Waals surface area contributed by atoms with Crippen LogP contribution in [0.2, 0.25) is 0 Å². The van der Waals surface area contributed by atoms with Gasteiger partial charge in [-0.3, -0.25) is 19.3 Å². The maximum absolute atomic E-state index is 13.3. The lowest BCUT2D eigenvalue weighted by Gasteiger charge is -2.42. The normalized spacial score (nSPS) is 26.1. The molecule has 0 saturated carbocycles. The Balaban J connectivity index is 1.37. The van der Waals surface area contributed by atoms with Crippen LogP contribution in [0.5, 0.6) is 0 Å². The van der Waals surface area contributed by atoms with Crippen LogP contribution in [0.1, 0.15) is 57.4 Å². The Morgan fingerprint density at radius 3 is 2.54 bits per heavy atom. The van der Waals surface area contributed by atoms with E-state index >= 15 is 0 Å². The minimum absolute atomic E-state index is 0.0116. The van der Waals surface area contributed by atoms with Crippen LogP contribution in [0.3, 0.4) is 0 Å². The molecule has 0 unspecified atom stereocenters. The molecule has 10 heteroatoms. The minimum Gasteiger partial charge on any atom is -0.357 e. The van der Waals surface area contributed by atoms with Crippen LogP contribution in [0.4, 0.5) is 5.95 Å². The number of piperidine rings is 2. The van der Waals surface area contributed by atoms with Gasteiger partial charge in [0, 0.05) is 57.6 Å². The number of anilines is 1. The average Bonchev–Trinajstić information content (AvgIpc) is 2.86. The summed E-state index contributed by atoms with van der Waals surface area (Å²) in [6, 6.07) is 0.0674. The van der Waals surface area contributed by atoms with Crippen LogP contribution in [0.25, 0.3) is 0 Å². The number of aromatic nitrogens is 2. The number of hydrogen-bond donors (Lipinski definition) is 3. The Bertz CT molecular complexity index is 899. The van der Waals surface area contributed by atoms with E-state index in [2.05, 4.69) is 30.8 Å². The first-order valence-electron chi connectivity index (χ1n) is 12.9. The van der Waals surface area contributed by atoms with Gasteiger partial charge in [0.05, 0.1) is 12.0 Å². The minimum atomic E-state index is -0.431. The molecule has 3 saturated heterocycles. The Morgan fingerprint density at radius 1 is 1.11 bits per heavy atom. The Labute approximate surface area is 207 Å². The first-order valence-corrected chi connectivity index (χ1v) is 12.9. The van der Waals surface area contributed by atoms with Crippen molar-refractivity contribution < 1.29 is 14.4 Å². The highest BCUT2D eigenvalue weighted by atomic mass is 16.2. The van der Waals surface area contributed by atoms with Crippen molar-refractivity contribution in [1.29, 1.82) is 0 Å². The number of nitrogens with one attached hydrogen (secondary N) is 3. The molecule has 0 bridgehead atoms. The van der Waals surface area contributed by atoms with Gasteiger partial charge >= 0.3 is 0 Å². The summed E-state index contributed by atoms with van der Waals surface area (Å²) in [4.78, 5) is 50.7. The van der Waals surface area contributed by atoms with Crippen LogP contribution in [-0.2, 0) is 20.9 Å². The van der Waals surface area contributed by atoms with E-state index in [1.807, 2.05) is 17.3 Å². The highest BCUT2D eigenvalue weighted by Gasteiger charge is 2.41. The van der Waals surface area contributed by atoms with Crippen LogP contribution < -0.4 is 16.0 Å². The zero-order chi connectivity index (χ0) is 24.8. The van der Waals surface area contributed by atoms with E-state index in [1.165, 1.54) is 0 Å². The summed E-state index contributed by atoms with van der Waals surface area (Å²) >= 11 is 0. The molecule has 3 amide bonds. The van der Waals surface area contributed by atoms with E-state index in [4.69, 9.17) is 0 Å². The molecule has 2 atom stereocenters. The lowest BCUT2D eigenvalue weighted by atomic mass is 9.73. The SMILES string of the molecule is CNc1ncc(CN2CCC3(CCCC[C@H]4CN(C(C)=O)CC[C@H]4NC(=O)CNC3=O)CC2)cn1. The van der Waals surface area contributed by atoms with Crippen molar-refractivity contribution in [3.63, 3.8) is 0 Å². The summed E-state index contributed by atoms with van der Waals surface area (Å²) in [6.45, 7) is 5.42. The van der Waals surface area contributed by atoms with Gasteiger partial charge in [0.15, 0.2) is 0 Å². The van der Waals surface area contributed by atoms with Gasteiger partial charge in [0.2, 0.25) is 23.7 Å². The van der Waals surface area contributed by atoms with E-state index < -0.39 is 5.41 Å². The number of carbonyl (C=O) groups excluding carboxylic acids is 3. The average molecular weight is 486 g/mol. The summed E-state index contributed by atoms with van der Waals surface area (Å²) in [5.74, 6) is 0.846. The van der Waals surface area contributed by atoms with Crippen molar-refractivity contribution >= 4 is 23.7 Å². The van der Waals surface area contributed by atoms with Gasteiger partial charge < -0.3 is 20.9 Å². The number of fused-ring (bicyclic) bond motifs is 1. The molecule has 3 fully saturated rings. The van der Waals surface area contributed by atoms with E-state index in [9.17, 15) is 14.4 Å². The fraction of sp³-hybridized carbons (Fsp3) is 0.720. The first kappa shape index (κ1) is 25.3. The zero-order valence-corrected chi connectivity index (χ0v) is 21.0. The van der Waals surface area contributed by atoms with Crippen LogP contribution in [0.15, 0.2) is 12.4 Å². The molecular formula is C25H39N7O3.